The van der Waals surface area contributed by atoms with Crippen molar-refractivity contribution in [2.45, 2.75) is 38.8 Å². The standard InChI is InChI=1S/C12H19N3O3/c1-3-12(2,5-8-16)14-10(17)9-15-7-4-6-13-11(15)18/h4,6-7,16H,3,5,8-9H2,1-2H3,(H,14,17). The van der Waals surface area contributed by atoms with Crippen LogP contribution in [0.5, 0.6) is 0 Å². The second-order valence-electron chi connectivity index (χ2n) is 4.47. The highest BCUT2D eigenvalue weighted by Gasteiger charge is 2.23. The second-order valence-corrected chi connectivity index (χ2v) is 4.47. The zero-order valence-corrected chi connectivity index (χ0v) is 10.7. The fourth-order valence-electron chi connectivity index (χ4n) is 1.61. The average Bonchev–Trinajstić information content (AvgIpc) is 2.32. The number of carbonyl (C=O) groups excluding carboxylic acids is 1. The molecule has 0 aliphatic carbocycles. The highest BCUT2D eigenvalue weighted by Crippen LogP contribution is 2.13. The van der Waals surface area contributed by atoms with E-state index in [1.807, 2.05) is 13.8 Å². The van der Waals surface area contributed by atoms with E-state index in [9.17, 15) is 9.59 Å². The zero-order valence-electron chi connectivity index (χ0n) is 10.7. The Balaban J connectivity index is 2.67. The van der Waals surface area contributed by atoms with Crippen LogP contribution in [0.2, 0.25) is 0 Å². The van der Waals surface area contributed by atoms with Crippen molar-refractivity contribution in [1.82, 2.24) is 14.9 Å². The molecule has 1 heterocycles. The maximum Gasteiger partial charge on any atom is 0.347 e. The third kappa shape index (κ3) is 3.96. The first-order valence-electron chi connectivity index (χ1n) is 5.94. The molecule has 18 heavy (non-hydrogen) atoms. The molecule has 0 aliphatic rings. The molecule has 0 saturated carbocycles. The molecule has 1 unspecified atom stereocenters. The van der Waals surface area contributed by atoms with Crippen molar-refractivity contribution < 1.29 is 9.90 Å². The van der Waals surface area contributed by atoms with Crippen LogP contribution in [0.3, 0.4) is 0 Å². The summed E-state index contributed by atoms with van der Waals surface area (Å²) >= 11 is 0. The topological polar surface area (TPSA) is 84.2 Å². The van der Waals surface area contributed by atoms with Crippen molar-refractivity contribution in [2.75, 3.05) is 6.61 Å². The van der Waals surface area contributed by atoms with Crippen molar-refractivity contribution in [3.05, 3.63) is 28.9 Å². The van der Waals surface area contributed by atoms with Gasteiger partial charge in [-0.2, -0.15) is 0 Å². The molecule has 1 aromatic rings. The van der Waals surface area contributed by atoms with Gasteiger partial charge in [0, 0.05) is 24.5 Å². The molecule has 0 fully saturated rings. The lowest BCUT2D eigenvalue weighted by Crippen LogP contribution is -2.48. The Bertz CT molecular complexity index is 458. The van der Waals surface area contributed by atoms with Gasteiger partial charge < -0.3 is 10.4 Å². The van der Waals surface area contributed by atoms with E-state index in [0.29, 0.717) is 12.8 Å². The molecule has 2 N–H and O–H groups in total. The smallest absolute Gasteiger partial charge is 0.347 e. The quantitative estimate of drug-likeness (QED) is 0.742. The number of nitrogens with one attached hydrogen (secondary N) is 1. The van der Waals surface area contributed by atoms with Crippen LogP contribution in [0.1, 0.15) is 26.7 Å². The SMILES string of the molecule is CCC(C)(CCO)NC(=O)Cn1cccnc1=O. The summed E-state index contributed by atoms with van der Waals surface area (Å²) in [6.45, 7) is 3.75. The lowest BCUT2D eigenvalue weighted by Gasteiger charge is -2.29. The molecule has 1 atom stereocenters. The van der Waals surface area contributed by atoms with Crippen molar-refractivity contribution in [1.29, 1.82) is 0 Å². The number of nitrogens with zero attached hydrogens (tertiary/aromatic N) is 2. The minimum Gasteiger partial charge on any atom is -0.396 e. The zero-order chi connectivity index (χ0) is 13.6. The number of aliphatic hydroxyl groups is 1. The van der Waals surface area contributed by atoms with Crippen LogP contribution < -0.4 is 11.0 Å². The summed E-state index contributed by atoms with van der Waals surface area (Å²) in [4.78, 5) is 26.8. The van der Waals surface area contributed by atoms with Gasteiger partial charge in [-0.1, -0.05) is 6.92 Å². The molecule has 6 nitrogen and oxygen atoms in total. The number of aromatic nitrogens is 2. The molecule has 0 saturated heterocycles. The number of carbonyl (C=O) groups is 1. The van der Waals surface area contributed by atoms with E-state index in [0.717, 1.165) is 0 Å². The van der Waals surface area contributed by atoms with Crippen LogP contribution in [-0.4, -0.2) is 32.7 Å². The highest BCUT2D eigenvalue weighted by molar-refractivity contribution is 5.76. The predicted molar refractivity (Wildman–Crippen MR) is 67.0 cm³/mol. The molecule has 1 aromatic heterocycles. The van der Waals surface area contributed by atoms with Gasteiger partial charge in [0.05, 0.1) is 0 Å². The van der Waals surface area contributed by atoms with E-state index >= 15 is 0 Å². The first-order valence-corrected chi connectivity index (χ1v) is 5.94. The molecule has 0 bridgehead atoms. The lowest BCUT2D eigenvalue weighted by atomic mass is 9.95. The van der Waals surface area contributed by atoms with Gasteiger partial charge in [0.15, 0.2) is 0 Å². The molecule has 0 spiro atoms. The Kier molecular flexibility index (Phi) is 5.03. The minimum absolute atomic E-state index is 0.0114. The van der Waals surface area contributed by atoms with Gasteiger partial charge in [-0.05, 0) is 25.8 Å². The van der Waals surface area contributed by atoms with Gasteiger partial charge in [0.1, 0.15) is 6.54 Å². The Hall–Kier alpha value is -1.69. The molecule has 1 amide bonds. The maximum absolute atomic E-state index is 11.8. The third-order valence-electron chi connectivity index (χ3n) is 2.98. The van der Waals surface area contributed by atoms with E-state index in [1.165, 1.54) is 17.0 Å². The summed E-state index contributed by atoms with van der Waals surface area (Å²) in [5.41, 5.74) is -0.898. The molecule has 0 radical (unpaired) electrons. The molecule has 100 valence electrons. The van der Waals surface area contributed by atoms with E-state index < -0.39 is 11.2 Å². The molecular weight excluding hydrogens is 234 g/mol. The Morgan fingerprint density at radius 2 is 2.33 bits per heavy atom. The third-order valence-corrected chi connectivity index (χ3v) is 2.98. The Labute approximate surface area is 106 Å². The summed E-state index contributed by atoms with van der Waals surface area (Å²) in [7, 11) is 0. The van der Waals surface area contributed by atoms with E-state index in [4.69, 9.17) is 5.11 Å². The normalized spacial score (nSPS) is 13.9. The monoisotopic (exact) mass is 253 g/mol. The van der Waals surface area contributed by atoms with Gasteiger partial charge in [0.25, 0.3) is 0 Å². The van der Waals surface area contributed by atoms with Crippen molar-refractivity contribution in [2.24, 2.45) is 0 Å². The van der Waals surface area contributed by atoms with Gasteiger partial charge in [-0.15, -0.1) is 0 Å². The van der Waals surface area contributed by atoms with Gasteiger partial charge in [-0.3, -0.25) is 9.36 Å². The predicted octanol–water partition coefficient (Wildman–Crippen LogP) is -0.0894. The summed E-state index contributed by atoms with van der Waals surface area (Å²) in [6.07, 6.45) is 4.10. The van der Waals surface area contributed by atoms with E-state index in [-0.39, 0.29) is 19.1 Å². The van der Waals surface area contributed by atoms with E-state index in [2.05, 4.69) is 10.3 Å². The lowest BCUT2D eigenvalue weighted by molar-refractivity contribution is -0.123. The fourth-order valence-corrected chi connectivity index (χ4v) is 1.61. The molecule has 0 aliphatic heterocycles. The molecule has 0 aromatic carbocycles. The number of rotatable bonds is 6. The van der Waals surface area contributed by atoms with Gasteiger partial charge in [-0.25, -0.2) is 9.78 Å². The van der Waals surface area contributed by atoms with Crippen LogP contribution in [-0.2, 0) is 11.3 Å². The molecule has 1 rings (SSSR count). The molecule has 6 heteroatoms. The number of hydrogen-bond acceptors (Lipinski definition) is 4. The number of amides is 1. The average molecular weight is 253 g/mol. The molecular formula is C12H19N3O3. The first-order chi connectivity index (χ1) is 8.50. The summed E-state index contributed by atoms with van der Waals surface area (Å²) in [6, 6.07) is 1.60. The Morgan fingerprint density at radius 3 is 2.89 bits per heavy atom. The van der Waals surface area contributed by atoms with Crippen LogP contribution in [0, 0.1) is 0 Å². The van der Waals surface area contributed by atoms with E-state index in [1.54, 1.807) is 6.07 Å². The highest BCUT2D eigenvalue weighted by atomic mass is 16.3. The number of hydrogen-bond donors (Lipinski definition) is 2. The van der Waals surface area contributed by atoms with Crippen LogP contribution in [0.4, 0.5) is 0 Å². The summed E-state index contributed by atoms with van der Waals surface area (Å²) in [5.74, 6) is -0.261. The maximum atomic E-state index is 11.8. The van der Waals surface area contributed by atoms with Crippen molar-refractivity contribution in [3.8, 4) is 0 Å². The van der Waals surface area contributed by atoms with Gasteiger partial charge >= 0.3 is 5.69 Å². The van der Waals surface area contributed by atoms with Crippen LogP contribution in [0.25, 0.3) is 0 Å². The minimum atomic E-state index is -0.451. The first kappa shape index (κ1) is 14.4. The summed E-state index contributed by atoms with van der Waals surface area (Å²) < 4.78 is 1.24. The van der Waals surface area contributed by atoms with Gasteiger partial charge in [0.2, 0.25) is 5.91 Å². The van der Waals surface area contributed by atoms with Crippen LogP contribution in [0.15, 0.2) is 23.3 Å². The summed E-state index contributed by atoms with van der Waals surface area (Å²) in [5, 5.41) is 11.8. The second kappa shape index (κ2) is 6.30. The van der Waals surface area contributed by atoms with Crippen molar-refractivity contribution >= 4 is 5.91 Å². The Morgan fingerprint density at radius 1 is 1.61 bits per heavy atom. The van der Waals surface area contributed by atoms with Crippen LogP contribution >= 0.6 is 0 Å². The fraction of sp³-hybridized carbons (Fsp3) is 0.583. The number of aliphatic hydroxyl groups excluding tert-OH is 1. The van der Waals surface area contributed by atoms with Crippen molar-refractivity contribution in [3.63, 3.8) is 0 Å². The largest absolute Gasteiger partial charge is 0.396 e.